The first-order chi connectivity index (χ1) is 14.1. The van der Waals surface area contributed by atoms with Gasteiger partial charge in [-0.15, -0.1) is 0 Å². The van der Waals surface area contributed by atoms with Gasteiger partial charge in [-0.2, -0.15) is 0 Å². The lowest BCUT2D eigenvalue weighted by molar-refractivity contribution is -0.135. The molecule has 8 nitrogen and oxygen atoms in total. The Balaban J connectivity index is 1.41. The van der Waals surface area contributed by atoms with Crippen LogP contribution in [0.4, 0.5) is 4.79 Å². The van der Waals surface area contributed by atoms with Crippen molar-refractivity contribution in [2.45, 2.75) is 44.4 Å². The van der Waals surface area contributed by atoms with Crippen molar-refractivity contribution in [3.8, 4) is 0 Å². The first-order valence-electron chi connectivity index (χ1n) is 9.87. The molecule has 0 N–H and O–H groups in total. The van der Waals surface area contributed by atoms with Crippen LogP contribution in [0.2, 0.25) is 0 Å². The van der Waals surface area contributed by atoms with Crippen molar-refractivity contribution < 1.29 is 23.6 Å². The number of ketones is 1. The van der Waals surface area contributed by atoms with Crippen LogP contribution in [0.15, 0.2) is 47.2 Å². The summed E-state index contributed by atoms with van der Waals surface area (Å²) < 4.78 is 10.2. The first kappa shape index (κ1) is 19.2. The number of Topliss-reactive ketones (excluding diaryl/α,β-unsaturated/α-hetero) is 1. The molecule has 29 heavy (non-hydrogen) atoms. The lowest BCUT2D eigenvalue weighted by atomic mass is 10.1. The number of rotatable bonds is 5. The van der Waals surface area contributed by atoms with Gasteiger partial charge in [-0.3, -0.25) is 14.5 Å². The zero-order chi connectivity index (χ0) is 20.2. The maximum atomic E-state index is 13.2. The van der Waals surface area contributed by atoms with E-state index in [1.54, 1.807) is 4.90 Å². The predicted octanol–water partition coefficient (Wildman–Crippen LogP) is 2.65. The summed E-state index contributed by atoms with van der Waals surface area (Å²) in [6.07, 6.45) is 3.47. The van der Waals surface area contributed by atoms with Crippen molar-refractivity contribution in [1.29, 1.82) is 0 Å². The molecule has 2 aliphatic rings. The SMILES string of the molecule is O=C(c1ccon1)[C@@H]1CCCN1C(=O)[C@@H]1CCCN1C(=O)OCc1ccccc1. The molecule has 0 aliphatic carbocycles. The van der Waals surface area contributed by atoms with Crippen LogP contribution in [0.3, 0.4) is 0 Å². The molecule has 8 heteroatoms. The van der Waals surface area contributed by atoms with Crippen molar-refractivity contribution in [2.24, 2.45) is 0 Å². The van der Waals surface area contributed by atoms with E-state index >= 15 is 0 Å². The number of likely N-dealkylation sites (tertiary alicyclic amines) is 2. The molecule has 0 spiro atoms. The highest BCUT2D eigenvalue weighted by molar-refractivity contribution is 6.01. The zero-order valence-electron chi connectivity index (χ0n) is 16.0. The molecule has 1 aromatic carbocycles. The van der Waals surface area contributed by atoms with Crippen molar-refractivity contribution in [3.05, 3.63) is 53.9 Å². The topological polar surface area (TPSA) is 93.0 Å². The van der Waals surface area contributed by atoms with Crippen LogP contribution in [0.5, 0.6) is 0 Å². The third-order valence-electron chi connectivity index (χ3n) is 5.51. The van der Waals surface area contributed by atoms with Crippen LogP contribution in [0, 0.1) is 0 Å². The third kappa shape index (κ3) is 4.01. The van der Waals surface area contributed by atoms with Gasteiger partial charge in [0.05, 0.1) is 6.04 Å². The van der Waals surface area contributed by atoms with E-state index in [1.807, 2.05) is 30.3 Å². The zero-order valence-corrected chi connectivity index (χ0v) is 16.0. The molecule has 1 aromatic heterocycles. The van der Waals surface area contributed by atoms with E-state index in [0.29, 0.717) is 25.9 Å². The minimum atomic E-state index is -0.594. The third-order valence-corrected chi connectivity index (χ3v) is 5.51. The lowest BCUT2D eigenvalue weighted by Crippen LogP contribution is -2.51. The molecular formula is C21H23N3O5. The summed E-state index contributed by atoms with van der Waals surface area (Å²) in [7, 11) is 0. The summed E-state index contributed by atoms with van der Waals surface area (Å²) in [5, 5.41) is 3.70. The molecule has 0 unspecified atom stereocenters. The van der Waals surface area contributed by atoms with Gasteiger partial charge >= 0.3 is 6.09 Å². The van der Waals surface area contributed by atoms with Gasteiger partial charge < -0.3 is 14.2 Å². The first-order valence-corrected chi connectivity index (χ1v) is 9.87. The van der Waals surface area contributed by atoms with Crippen LogP contribution in [0.25, 0.3) is 0 Å². The molecule has 2 saturated heterocycles. The molecule has 2 aliphatic heterocycles. The highest BCUT2D eigenvalue weighted by Gasteiger charge is 2.43. The minimum Gasteiger partial charge on any atom is -0.445 e. The fraction of sp³-hybridized carbons (Fsp3) is 0.429. The fourth-order valence-electron chi connectivity index (χ4n) is 4.05. The lowest BCUT2D eigenvalue weighted by Gasteiger charge is -2.30. The molecule has 2 amide bonds. The number of hydrogen-bond acceptors (Lipinski definition) is 6. The average molecular weight is 397 g/mol. The fourth-order valence-corrected chi connectivity index (χ4v) is 4.05. The van der Waals surface area contributed by atoms with Crippen LogP contribution >= 0.6 is 0 Å². The number of aromatic nitrogens is 1. The van der Waals surface area contributed by atoms with E-state index < -0.39 is 18.2 Å². The summed E-state index contributed by atoms with van der Waals surface area (Å²) in [6, 6.07) is 9.77. The Hall–Kier alpha value is -3.16. The van der Waals surface area contributed by atoms with Crippen molar-refractivity contribution in [2.75, 3.05) is 13.1 Å². The normalized spacial score (nSPS) is 21.4. The van der Waals surface area contributed by atoms with E-state index in [1.165, 1.54) is 17.2 Å². The molecule has 152 valence electrons. The summed E-state index contributed by atoms with van der Waals surface area (Å²) in [5.41, 5.74) is 1.11. The Morgan fingerprint density at radius 1 is 1.00 bits per heavy atom. The quantitative estimate of drug-likeness (QED) is 0.720. The summed E-state index contributed by atoms with van der Waals surface area (Å²) in [5.74, 6) is -0.417. The Labute approximate surface area is 168 Å². The van der Waals surface area contributed by atoms with E-state index in [0.717, 1.165) is 18.4 Å². The average Bonchev–Trinajstić information content (AvgIpc) is 3.52. The smallest absolute Gasteiger partial charge is 0.410 e. The molecule has 2 fully saturated rings. The van der Waals surface area contributed by atoms with Gasteiger partial charge in [-0.05, 0) is 31.2 Å². The van der Waals surface area contributed by atoms with Gasteiger partial charge in [0, 0.05) is 19.2 Å². The summed E-state index contributed by atoms with van der Waals surface area (Å²) >= 11 is 0. The molecule has 0 radical (unpaired) electrons. The second-order valence-corrected chi connectivity index (χ2v) is 7.33. The Morgan fingerprint density at radius 3 is 2.45 bits per heavy atom. The summed E-state index contributed by atoms with van der Waals surface area (Å²) in [4.78, 5) is 41.6. The second kappa shape index (κ2) is 8.46. The van der Waals surface area contributed by atoms with Crippen molar-refractivity contribution in [3.63, 3.8) is 0 Å². The number of nitrogens with zero attached hydrogens (tertiary/aromatic N) is 3. The molecular weight excluding hydrogens is 374 g/mol. The number of amides is 2. The number of carbonyl (C=O) groups excluding carboxylic acids is 3. The standard InChI is InChI=1S/C21H23N3O5/c25-19(16-10-13-29-22-16)17-8-4-11-23(17)20(26)18-9-5-12-24(18)21(27)28-14-15-6-2-1-3-7-15/h1-3,6-7,10,13,17-18H,4-5,8-9,11-12,14H2/t17-,18-/m0/s1. The van der Waals surface area contributed by atoms with Crippen LogP contribution in [-0.2, 0) is 16.1 Å². The number of carbonyl (C=O) groups is 3. The molecule has 2 atom stereocenters. The van der Waals surface area contributed by atoms with Crippen molar-refractivity contribution in [1.82, 2.24) is 15.0 Å². The highest BCUT2D eigenvalue weighted by Crippen LogP contribution is 2.27. The molecule has 2 aromatic rings. The maximum absolute atomic E-state index is 13.2. The van der Waals surface area contributed by atoms with Crippen LogP contribution < -0.4 is 0 Å². The van der Waals surface area contributed by atoms with Gasteiger partial charge in [0.25, 0.3) is 0 Å². The molecule has 4 rings (SSSR count). The minimum absolute atomic E-state index is 0.161. The number of hydrogen-bond donors (Lipinski definition) is 0. The highest BCUT2D eigenvalue weighted by atomic mass is 16.6. The number of benzene rings is 1. The summed E-state index contributed by atoms with van der Waals surface area (Å²) in [6.45, 7) is 1.13. The number of ether oxygens (including phenoxy) is 1. The van der Waals surface area contributed by atoms with Gasteiger partial charge in [-0.25, -0.2) is 4.79 Å². The van der Waals surface area contributed by atoms with Gasteiger partial charge in [-0.1, -0.05) is 35.5 Å². The second-order valence-electron chi connectivity index (χ2n) is 7.33. The Bertz CT molecular complexity index is 868. The molecule has 0 saturated carbocycles. The van der Waals surface area contributed by atoms with Gasteiger partial charge in [0.2, 0.25) is 11.7 Å². The van der Waals surface area contributed by atoms with Crippen LogP contribution in [0.1, 0.15) is 41.7 Å². The predicted molar refractivity (Wildman–Crippen MR) is 102 cm³/mol. The monoisotopic (exact) mass is 397 g/mol. The van der Waals surface area contributed by atoms with Crippen molar-refractivity contribution >= 4 is 17.8 Å². The van der Waals surface area contributed by atoms with E-state index in [-0.39, 0.29) is 24.0 Å². The van der Waals surface area contributed by atoms with Crippen LogP contribution in [-0.4, -0.2) is 57.9 Å². The Morgan fingerprint density at radius 2 is 1.72 bits per heavy atom. The van der Waals surface area contributed by atoms with E-state index in [4.69, 9.17) is 9.26 Å². The van der Waals surface area contributed by atoms with E-state index in [9.17, 15) is 14.4 Å². The van der Waals surface area contributed by atoms with Gasteiger partial charge in [0.1, 0.15) is 18.9 Å². The maximum Gasteiger partial charge on any atom is 0.410 e. The largest absolute Gasteiger partial charge is 0.445 e. The Kier molecular flexibility index (Phi) is 5.59. The molecule has 3 heterocycles. The molecule has 0 bridgehead atoms. The van der Waals surface area contributed by atoms with Gasteiger partial charge in [0.15, 0.2) is 5.69 Å². The van der Waals surface area contributed by atoms with E-state index in [2.05, 4.69) is 5.16 Å².